The van der Waals surface area contributed by atoms with Gasteiger partial charge in [0, 0.05) is 11.3 Å². The van der Waals surface area contributed by atoms with Gasteiger partial charge < -0.3 is 0 Å². The number of carbonyl (C=O) groups is 1. The molecule has 0 fully saturated rings. The number of amides is 1. The summed E-state index contributed by atoms with van der Waals surface area (Å²) in [7, 11) is 0. The zero-order chi connectivity index (χ0) is 15.4. The lowest BCUT2D eigenvalue weighted by atomic mass is 9.99. The standard InChI is InChI=1S/C16H21N3OS2/c1-2-3-4-9-14-18-19-16(22-14)17-15(20)13-10-11-7-5-6-8-12(11)21-13/h10H,2-9H2,1H3,(H,17,19,20). The normalized spacial score (nSPS) is 13.9. The lowest BCUT2D eigenvalue weighted by molar-refractivity contribution is 0.103. The Bertz CT molecular complexity index is 624. The van der Waals surface area contributed by atoms with E-state index in [-0.39, 0.29) is 5.91 Å². The molecular formula is C16H21N3OS2. The van der Waals surface area contributed by atoms with E-state index in [2.05, 4.69) is 28.5 Å². The number of hydrogen-bond donors (Lipinski definition) is 1. The summed E-state index contributed by atoms with van der Waals surface area (Å²) in [6, 6.07) is 2.05. The molecule has 2 aromatic rings. The minimum atomic E-state index is -0.0457. The third kappa shape index (κ3) is 3.73. The molecule has 1 aliphatic rings. The van der Waals surface area contributed by atoms with Crippen molar-refractivity contribution in [2.24, 2.45) is 0 Å². The number of anilines is 1. The van der Waals surface area contributed by atoms with Crippen molar-refractivity contribution in [3.8, 4) is 0 Å². The molecule has 0 aromatic carbocycles. The smallest absolute Gasteiger partial charge is 0.267 e. The van der Waals surface area contributed by atoms with Crippen molar-refractivity contribution in [3.63, 3.8) is 0 Å². The Morgan fingerprint density at radius 3 is 2.91 bits per heavy atom. The zero-order valence-corrected chi connectivity index (χ0v) is 14.5. The first-order valence-electron chi connectivity index (χ1n) is 8.01. The molecule has 118 valence electrons. The Morgan fingerprint density at radius 2 is 2.09 bits per heavy atom. The SMILES string of the molecule is CCCCCc1nnc(NC(=O)c2cc3c(s2)CCCC3)s1. The average Bonchev–Trinajstić information content (AvgIpc) is 3.14. The van der Waals surface area contributed by atoms with Gasteiger partial charge >= 0.3 is 0 Å². The fraction of sp³-hybridized carbons (Fsp3) is 0.562. The Morgan fingerprint density at radius 1 is 1.23 bits per heavy atom. The van der Waals surface area contributed by atoms with E-state index in [1.807, 2.05) is 0 Å². The van der Waals surface area contributed by atoms with E-state index in [1.165, 1.54) is 47.5 Å². The van der Waals surface area contributed by atoms with Crippen molar-refractivity contribution >= 4 is 33.7 Å². The van der Waals surface area contributed by atoms with Crippen molar-refractivity contribution in [1.82, 2.24) is 10.2 Å². The van der Waals surface area contributed by atoms with E-state index in [0.29, 0.717) is 5.13 Å². The fourth-order valence-corrected chi connectivity index (χ4v) is 4.62. The summed E-state index contributed by atoms with van der Waals surface area (Å²) in [5.41, 5.74) is 1.36. The van der Waals surface area contributed by atoms with E-state index in [0.717, 1.165) is 35.6 Å². The molecule has 0 unspecified atom stereocenters. The van der Waals surface area contributed by atoms with Crippen LogP contribution in [-0.4, -0.2) is 16.1 Å². The highest BCUT2D eigenvalue weighted by Crippen LogP contribution is 2.30. The number of hydrogen-bond acceptors (Lipinski definition) is 5. The first-order chi connectivity index (χ1) is 10.8. The van der Waals surface area contributed by atoms with Gasteiger partial charge in [0.05, 0.1) is 4.88 Å². The summed E-state index contributed by atoms with van der Waals surface area (Å²) < 4.78 is 0. The van der Waals surface area contributed by atoms with Crippen LogP contribution in [0.25, 0.3) is 0 Å². The predicted octanol–water partition coefficient (Wildman–Crippen LogP) is 4.46. The van der Waals surface area contributed by atoms with E-state index in [1.54, 1.807) is 11.3 Å². The molecule has 1 N–H and O–H groups in total. The number of nitrogens with zero attached hydrogens (tertiary/aromatic N) is 2. The molecule has 0 radical (unpaired) electrons. The van der Waals surface area contributed by atoms with Crippen LogP contribution in [0, 0.1) is 0 Å². The molecule has 0 bridgehead atoms. The van der Waals surface area contributed by atoms with Gasteiger partial charge in [-0.2, -0.15) is 0 Å². The minimum Gasteiger partial charge on any atom is -0.296 e. The van der Waals surface area contributed by atoms with Crippen LogP contribution < -0.4 is 5.32 Å². The summed E-state index contributed by atoms with van der Waals surface area (Å²) in [5, 5.41) is 12.8. The van der Waals surface area contributed by atoms with Crippen LogP contribution >= 0.6 is 22.7 Å². The van der Waals surface area contributed by atoms with Crippen LogP contribution in [-0.2, 0) is 19.3 Å². The van der Waals surface area contributed by atoms with Crippen LogP contribution in [0.1, 0.15) is 64.1 Å². The second-order valence-corrected chi connectivity index (χ2v) is 7.88. The van der Waals surface area contributed by atoms with Gasteiger partial charge in [-0.3, -0.25) is 10.1 Å². The van der Waals surface area contributed by atoms with Crippen LogP contribution in [0.2, 0.25) is 0 Å². The van der Waals surface area contributed by atoms with Crippen LogP contribution in [0.3, 0.4) is 0 Å². The van der Waals surface area contributed by atoms with Gasteiger partial charge in [-0.15, -0.1) is 21.5 Å². The van der Waals surface area contributed by atoms with Gasteiger partial charge in [0.2, 0.25) is 5.13 Å². The van der Waals surface area contributed by atoms with Gasteiger partial charge in [-0.1, -0.05) is 31.1 Å². The molecule has 3 rings (SSSR count). The highest BCUT2D eigenvalue weighted by atomic mass is 32.1. The van der Waals surface area contributed by atoms with Crippen LogP contribution in [0.5, 0.6) is 0 Å². The van der Waals surface area contributed by atoms with Crippen molar-refractivity contribution in [2.45, 2.75) is 58.3 Å². The molecule has 0 saturated carbocycles. The monoisotopic (exact) mass is 335 g/mol. The third-order valence-corrected chi connectivity index (χ3v) is 6.04. The molecule has 4 nitrogen and oxygen atoms in total. The lowest BCUT2D eigenvalue weighted by Gasteiger charge is -2.08. The highest BCUT2D eigenvalue weighted by molar-refractivity contribution is 7.16. The maximum Gasteiger partial charge on any atom is 0.267 e. The lowest BCUT2D eigenvalue weighted by Crippen LogP contribution is -2.09. The largest absolute Gasteiger partial charge is 0.296 e. The topological polar surface area (TPSA) is 54.9 Å². The summed E-state index contributed by atoms with van der Waals surface area (Å²) in [4.78, 5) is 14.5. The quantitative estimate of drug-likeness (QED) is 0.793. The van der Waals surface area contributed by atoms with Gasteiger partial charge in [0.1, 0.15) is 5.01 Å². The van der Waals surface area contributed by atoms with E-state index < -0.39 is 0 Å². The molecular weight excluding hydrogens is 314 g/mol. The number of nitrogens with one attached hydrogen (secondary N) is 1. The predicted molar refractivity (Wildman–Crippen MR) is 92.1 cm³/mol. The van der Waals surface area contributed by atoms with Crippen LogP contribution in [0.15, 0.2) is 6.07 Å². The molecule has 1 amide bonds. The molecule has 0 saturated heterocycles. The van der Waals surface area contributed by atoms with Gasteiger partial charge in [-0.05, 0) is 43.7 Å². The summed E-state index contributed by atoms with van der Waals surface area (Å²) in [6.07, 6.45) is 9.21. The molecule has 0 aliphatic heterocycles. The van der Waals surface area contributed by atoms with Gasteiger partial charge in [0.25, 0.3) is 5.91 Å². The van der Waals surface area contributed by atoms with E-state index in [9.17, 15) is 4.79 Å². The molecule has 1 aliphatic carbocycles. The summed E-state index contributed by atoms with van der Waals surface area (Å²) in [6.45, 7) is 2.19. The maximum atomic E-state index is 12.3. The maximum absolute atomic E-state index is 12.3. The van der Waals surface area contributed by atoms with Gasteiger partial charge in [-0.25, -0.2) is 0 Å². The Hall–Kier alpha value is -1.27. The van der Waals surface area contributed by atoms with Crippen molar-refractivity contribution in [2.75, 3.05) is 5.32 Å². The number of unbranched alkanes of at least 4 members (excludes halogenated alkanes) is 2. The first-order valence-corrected chi connectivity index (χ1v) is 9.65. The third-order valence-electron chi connectivity index (χ3n) is 3.90. The van der Waals surface area contributed by atoms with Crippen molar-refractivity contribution in [1.29, 1.82) is 0 Å². The Labute approximate surface area is 139 Å². The van der Waals surface area contributed by atoms with Gasteiger partial charge in [0.15, 0.2) is 0 Å². The minimum absolute atomic E-state index is 0.0457. The number of thiophene rings is 1. The molecule has 2 aromatic heterocycles. The molecule has 0 atom stereocenters. The molecule has 6 heteroatoms. The number of fused-ring (bicyclic) bond motifs is 1. The fourth-order valence-electron chi connectivity index (χ4n) is 2.69. The summed E-state index contributed by atoms with van der Waals surface area (Å²) >= 11 is 3.12. The van der Waals surface area contributed by atoms with Crippen LogP contribution in [0.4, 0.5) is 5.13 Å². The molecule has 22 heavy (non-hydrogen) atoms. The Balaban J connectivity index is 1.60. The molecule has 0 spiro atoms. The van der Waals surface area contributed by atoms with Crippen molar-refractivity contribution < 1.29 is 4.79 Å². The first kappa shape index (κ1) is 15.6. The number of rotatable bonds is 6. The van der Waals surface area contributed by atoms with E-state index >= 15 is 0 Å². The highest BCUT2D eigenvalue weighted by Gasteiger charge is 2.18. The average molecular weight is 335 g/mol. The van der Waals surface area contributed by atoms with E-state index in [4.69, 9.17) is 0 Å². The van der Waals surface area contributed by atoms with Crippen molar-refractivity contribution in [3.05, 3.63) is 26.4 Å². The zero-order valence-electron chi connectivity index (χ0n) is 12.9. The number of aromatic nitrogens is 2. The second kappa shape index (κ2) is 7.33. The second-order valence-electron chi connectivity index (χ2n) is 5.68. The molecule has 2 heterocycles. The number of carbonyl (C=O) groups excluding carboxylic acids is 1. The number of aryl methyl sites for hydroxylation is 3. The Kier molecular flexibility index (Phi) is 5.20. The summed E-state index contributed by atoms with van der Waals surface area (Å²) in [5.74, 6) is -0.0457.